The van der Waals surface area contributed by atoms with Crippen LogP contribution in [0.3, 0.4) is 0 Å². The van der Waals surface area contributed by atoms with Gasteiger partial charge in [0.1, 0.15) is 0 Å². The summed E-state index contributed by atoms with van der Waals surface area (Å²) in [5, 5.41) is 0. The minimum Gasteiger partial charge on any atom is -0.373 e. The predicted molar refractivity (Wildman–Crippen MR) is 112 cm³/mol. The first-order valence-corrected chi connectivity index (χ1v) is 11.9. The van der Waals surface area contributed by atoms with Crippen molar-refractivity contribution >= 4 is 15.9 Å². The Morgan fingerprint density at radius 3 is 2.10 bits per heavy atom. The van der Waals surface area contributed by atoms with Crippen molar-refractivity contribution in [3.8, 4) is 0 Å². The molecule has 0 spiro atoms. The average Bonchev–Trinajstić information content (AvgIpc) is 2.67. The lowest BCUT2D eigenvalue weighted by molar-refractivity contribution is -0.137. The molecule has 3 rings (SSSR count). The molecular formula is C21H33N3O4S. The number of nitrogens with zero attached hydrogens (tertiary/aromatic N) is 3. The summed E-state index contributed by atoms with van der Waals surface area (Å²) in [6.07, 6.45) is 0.242. The van der Waals surface area contributed by atoms with Crippen molar-refractivity contribution in [3.63, 3.8) is 0 Å². The molecule has 0 saturated carbocycles. The second-order valence-corrected chi connectivity index (χ2v) is 10.4. The molecule has 2 aliphatic rings. The van der Waals surface area contributed by atoms with Crippen LogP contribution in [0.5, 0.6) is 0 Å². The molecule has 0 aliphatic carbocycles. The van der Waals surface area contributed by atoms with Crippen LogP contribution in [-0.2, 0) is 19.6 Å². The number of morpholine rings is 1. The summed E-state index contributed by atoms with van der Waals surface area (Å²) < 4.78 is 33.1. The van der Waals surface area contributed by atoms with E-state index in [1.54, 1.807) is 17.0 Å². The molecule has 29 heavy (non-hydrogen) atoms. The van der Waals surface area contributed by atoms with E-state index < -0.39 is 10.0 Å². The fraction of sp³-hybridized carbons (Fsp3) is 0.667. The summed E-state index contributed by atoms with van der Waals surface area (Å²) in [7, 11) is -3.53. The lowest BCUT2D eigenvalue weighted by atomic mass is 10.0. The van der Waals surface area contributed by atoms with Gasteiger partial charge >= 0.3 is 0 Å². The van der Waals surface area contributed by atoms with Gasteiger partial charge in [0.15, 0.2) is 0 Å². The summed E-state index contributed by atoms with van der Waals surface area (Å²) >= 11 is 0. The maximum atomic E-state index is 12.9. The van der Waals surface area contributed by atoms with Gasteiger partial charge in [0.25, 0.3) is 0 Å². The number of rotatable bonds is 5. The van der Waals surface area contributed by atoms with Crippen LogP contribution in [0.25, 0.3) is 0 Å². The third-order valence-corrected chi connectivity index (χ3v) is 7.54. The van der Waals surface area contributed by atoms with Crippen LogP contribution >= 0.6 is 0 Å². The van der Waals surface area contributed by atoms with Crippen LogP contribution in [0.4, 0.5) is 0 Å². The summed E-state index contributed by atoms with van der Waals surface area (Å²) in [6, 6.07) is 7.12. The van der Waals surface area contributed by atoms with Crippen molar-refractivity contribution in [3.05, 3.63) is 29.8 Å². The first-order valence-electron chi connectivity index (χ1n) is 10.4. The second kappa shape index (κ2) is 9.12. The standard InChI is InChI=1S/C21H33N3O4S/c1-16(2)19-5-7-20(8-6-19)29(26,27)24-11-9-23(10-12-24)21(25)15-22-13-17(3)28-18(4)14-22/h5-8,16-18H,9-15H2,1-4H3/t17-,18+. The fourth-order valence-corrected chi connectivity index (χ4v) is 5.48. The third-order valence-electron chi connectivity index (χ3n) is 5.63. The van der Waals surface area contributed by atoms with Gasteiger partial charge in [0, 0.05) is 39.3 Å². The molecule has 1 aromatic carbocycles. The van der Waals surface area contributed by atoms with E-state index in [9.17, 15) is 13.2 Å². The quantitative estimate of drug-likeness (QED) is 0.722. The predicted octanol–water partition coefficient (Wildman–Crippen LogP) is 1.75. The normalized spacial score (nSPS) is 24.8. The van der Waals surface area contributed by atoms with Gasteiger partial charge < -0.3 is 9.64 Å². The van der Waals surface area contributed by atoms with Crippen molar-refractivity contribution in [2.24, 2.45) is 0 Å². The Labute approximate surface area is 174 Å². The molecule has 0 unspecified atom stereocenters. The monoisotopic (exact) mass is 423 g/mol. The molecule has 2 atom stereocenters. The highest BCUT2D eigenvalue weighted by molar-refractivity contribution is 7.89. The lowest BCUT2D eigenvalue weighted by Gasteiger charge is -2.38. The van der Waals surface area contributed by atoms with Gasteiger partial charge in [-0.1, -0.05) is 26.0 Å². The van der Waals surface area contributed by atoms with Crippen LogP contribution in [0.1, 0.15) is 39.2 Å². The van der Waals surface area contributed by atoms with Crippen molar-refractivity contribution in [1.82, 2.24) is 14.1 Å². The van der Waals surface area contributed by atoms with Crippen LogP contribution < -0.4 is 0 Å². The van der Waals surface area contributed by atoms with Gasteiger partial charge in [-0.15, -0.1) is 0 Å². The number of benzene rings is 1. The summed E-state index contributed by atoms with van der Waals surface area (Å²) in [6.45, 7) is 11.6. The minimum atomic E-state index is -3.53. The Morgan fingerprint density at radius 1 is 1.03 bits per heavy atom. The molecule has 2 aliphatic heterocycles. The van der Waals surface area contributed by atoms with Crippen LogP contribution in [0, 0.1) is 0 Å². The summed E-state index contributed by atoms with van der Waals surface area (Å²) in [5.41, 5.74) is 1.12. The Morgan fingerprint density at radius 2 is 1.59 bits per heavy atom. The van der Waals surface area contributed by atoms with Crippen molar-refractivity contribution < 1.29 is 17.9 Å². The molecule has 0 radical (unpaired) electrons. The van der Waals surface area contributed by atoms with E-state index >= 15 is 0 Å². The number of piperazine rings is 1. The fourth-order valence-electron chi connectivity index (χ4n) is 4.06. The molecule has 0 N–H and O–H groups in total. The molecule has 8 heteroatoms. The van der Waals surface area contributed by atoms with Crippen LogP contribution in [-0.4, -0.2) is 86.5 Å². The molecule has 0 aromatic heterocycles. The highest BCUT2D eigenvalue weighted by Gasteiger charge is 2.31. The van der Waals surface area contributed by atoms with E-state index in [-0.39, 0.29) is 18.1 Å². The molecule has 1 aromatic rings. The third kappa shape index (κ3) is 5.36. The maximum absolute atomic E-state index is 12.9. The minimum absolute atomic E-state index is 0.0598. The number of amides is 1. The zero-order valence-corrected chi connectivity index (χ0v) is 18.7. The van der Waals surface area contributed by atoms with E-state index in [1.807, 2.05) is 26.0 Å². The topological polar surface area (TPSA) is 70.2 Å². The number of carbonyl (C=O) groups excluding carboxylic acids is 1. The first-order chi connectivity index (χ1) is 13.7. The van der Waals surface area contributed by atoms with E-state index in [0.29, 0.717) is 43.5 Å². The van der Waals surface area contributed by atoms with Gasteiger partial charge in [-0.05, 0) is 37.5 Å². The van der Waals surface area contributed by atoms with Crippen molar-refractivity contribution in [2.45, 2.75) is 50.7 Å². The van der Waals surface area contributed by atoms with Gasteiger partial charge in [-0.2, -0.15) is 4.31 Å². The van der Waals surface area contributed by atoms with Gasteiger partial charge in [-0.25, -0.2) is 8.42 Å². The Bertz CT molecular complexity index is 792. The molecule has 2 fully saturated rings. The Hall–Kier alpha value is -1.48. The molecule has 7 nitrogen and oxygen atoms in total. The van der Waals surface area contributed by atoms with Gasteiger partial charge in [0.2, 0.25) is 15.9 Å². The molecule has 2 saturated heterocycles. The van der Waals surface area contributed by atoms with Crippen molar-refractivity contribution in [1.29, 1.82) is 0 Å². The number of hydrogen-bond donors (Lipinski definition) is 0. The van der Waals surface area contributed by atoms with E-state index in [0.717, 1.165) is 18.7 Å². The van der Waals surface area contributed by atoms with E-state index in [4.69, 9.17) is 4.74 Å². The summed E-state index contributed by atoms with van der Waals surface area (Å²) in [4.78, 5) is 16.9. The average molecular weight is 424 g/mol. The molecule has 162 valence electrons. The van der Waals surface area contributed by atoms with Gasteiger partial charge in [-0.3, -0.25) is 9.69 Å². The second-order valence-electron chi connectivity index (χ2n) is 8.46. The molecule has 2 heterocycles. The SMILES string of the molecule is CC(C)c1ccc(S(=O)(=O)N2CCN(C(=O)CN3C[C@@H](C)O[C@@H](C)C3)CC2)cc1. The van der Waals surface area contributed by atoms with Crippen LogP contribution in [0.15, 0.2) is 29.2 Å². The Kier molecular flexibility index (Phi) is 6.98. The zero-order chi connectivity index (χ0) is 21.2. The highest BCUT2D eigenvalue weighted by Crippen LogP contribution is 2.21. The van der Waals surface area contributed by atoms with Crippen molar-refractivity contribution in [2.75, 3.05) is 45.8 Å². The Balaban J connectivity index is 1.56. The lowest BCUT2D eigenvalue weighted by Crippen LogP contribution is -2.54. The number of ether oxygens (including phenoxy) is 1. The zero-order valence-electron chi connectivity index (χ0n) is 17.9. The molecular weight excluding hydrogens is 390 g/mol. The maximum Gasteiger partial charge on any atom is 0.243 e. The molecule has 0 bridgehead atoms. The highest BCUT2D eigenvalue weighted by atomic mass is 32.2. The first kappa shape index (κ1) is 22.2. The summed E-state index contributed by atoms with van der Waals surface area (Å²) in [5.74, 6) is 0.420. The van der Waals surface area contributed by atoms with Crippen LogP contribution in [0.2, 0.25) is 0 Å². The largest absolute Gasteiger partial charge is 0.373 e. The number of carbonyl (C=O) groups is 1. The molecule has 1 amide bonds. The van der Waals surface area contributed by atoms with Gasteiger partial charge in [0.05, 0.1) is 23.6 Å². The smallest absolute Gasteiger partial charge is 0.243 e. The number of sulfonamides is 1. The number of hydrogen-bond acceptors (Lipinski definition) is 5. The van der Waals surface area contributed by atoms with E-state index in [2.05, 4.69) is 18.7 Å². The van der Waals surface area contributed by atoms with E-state index in [1.165, 1.54) is 4.31 Å².